The van der Waals surface area contributed by atoms with Crippen molar-refractivity contribution < 1.29 is 4.74 Å². The molecule has 2 aromatic rings. The molecule has 37 heavy (non-hydrogen) atoms. The molecular weight excluding hydrogens is 448 g/mol. The molecule has 0 N–H and O–H groups in total. The first-order valence-corrected chi connectivity index (χ1v) is 15.5. The molecule has 1 heteroatoms. The van der Waals surface area contributed by atoms with Gasteiger partial charge in [-0.15, -0.1) is 0 Å². The number of rotatable bonds is 20. The van der Waals surface area contributed by atoms with Crippen molar-refractivity contribution in [1.29, 1.82) is 0 Å². The van der Waals surface area contributed by atoms with E-state index in [0.29, 0.717) is 11.8 Å². The summed E-state index contributed by atoms with van der Waals surface area (Å²) in [6.45, 7) is 14.1. The lowest BCUT2D eigenvalue weighted by Crippen LogP contribution is -2.45. The van der Waals surface area contributed by atoms with Crippen molar-refractivity contribution in [3.8, 4) is 0 Å². The molecule has 0 bridgehead atoms. The van der Waals surface area contributed by atoms with Crippen molar-refractivity contribution >= 4 is 0 Å². The van der Waals surface area contributed by atoms with E-state index in [9.17, 15) is 0 Å². The number of ether oxygens (including phenoxy) is 1. The van der Waals surface area contributed by atoms with Gasteiger partial charge in [0.25, 0.3) is 0 Å². The van der Waals surface area contributed by atoms with Gasteiger partial charge in [-0.05, 0) is 89.2 Å². The van der Waals surface area contributed by atoms with Crippen LogP contribution < -0.4 is 0 Å². The Bertz CT molecular complexity index is 738. The molecular formula is C36H58O. The van der Waals surface area contributed by atoms with Gasteiger partial charge in [-0.2, -0.15) is 0 Å². The smallest absolute Gasteiger partial charge is 0.0659 e. The predicted molar refractivity (Wildman–Crippen MR) is 163 cm³/mol. The largest absolute Gasteiger partial charge is 0.369 e. The Morgan fingerprint density at radius 1 is 0.486 bits per heavy atom. The van der Waals surface area contributed by atoms with Crippen molar-refractivity contribution in [3.05, 3.63) is 71.8 Å². The summed E-state index contributed by atoms with van der Waals surface area (Å²) in [7, 11) is 0. The third-order valence-electron chi connectivity index (χ3n) is 8.79. The van der Waals surface area contributed by atoms with Crippen LogP contribution in [0.3, 0.4) is 0 Å². The van der Waals surface area contributed by atoms with Gasteiger partial charge >= 0.3 is 0 Å². The van der Waals surface area contributed by atoms with Crippen LogP contribution in [-0.2, 0) is 17.6 Å². The lowest BCUT2D eigenvalue weighted by atomic mass is 9.83. The van der Waals surface area contributed by atoms with Crippen LogP contribution in [0, 0.1) is 11.8 Å². The fraction of sp³-hybridized carbons (Fsp3) is 0.667. The summed E-state index contributed by atoms with van der Waals surface area (Å²) in [6, 6.07) is 21.8. The zero-order valence-corrected chi connectivity index (χ0v) is 25.2. The van der Waals surface area contributed by atoms with E-state index in [2.05, 4.69) is 102 Å². The molecule has 0 aliphatic heterocycles. The Labute approximate surface area is 230 Å². The van der Waals surface area contributed by atoms with Gasteiger partial charge in [0.15, 0.2) is 0 Å². The quantitative estimate of drug-likeness (QED) is 0.162. The topological polar surface area (TPSA) is 9.23 Å². The number of unbranched alkanes of at least 4 members (excludes halogenated alkanes) is 8. The molecule has 0 fully saturated rings. The summed E-state index contributed by atoms with van der Waals surface area (Å²) in [5.74, 6) is 1.15. The summed E-state index contributed by atoms with van der Waals surface area (Å²) in [4.78, 5) is 0. The Kier molecular flexibility index (Phi) is 14.6. The van der Waals surface area contributed by atoms with E-state index < -0.39 is 0 Å². The van der Waals surface area contributed by atoms with E-state index in [1.807, 2.05) is 0 Å². The molecule has 0 spiro atoms. The minimum absolute atomic E-state index is 0.0808. The zero-order chi connectivity index (χ0) is 27.0. The summed E-state index contributed by atoms with van der Waals surface area (Å²) in [6.07, 6.45) is 18.3. The summed E-state index contributed by atoms with van der Waals surface area (Å²) >= 11 is 0. The number of benzene rings is 2. The molecule has 2 unspecified atom stereocenters. The molecule has 1 nitrogen and oxygen atoms in total. The lowest BCUT2D eigenvalue weighted by molar-refractivity contribution is -0.169. The van der Waals surface area contributed by atoms with Gasteiger partial charge in [-0.1, -0.05) is 126 Å². The molecule has 0 aliphatic carbocycles. The highest BCUT2D eigenvalue weighted by molar-refractivity contribution is 5.15. The van der Waals surface area contributed by atoms with Crippen LogP contribution in [0.4, 0.5) is 0 Å². The van der Waals surface area contributed by atoms with Crippen LogP contribution in [-0.4, -0.2) is 11.2 Å². The molecule has 2 atom stereocenters. The number of aryl methyl sites for hydroxylation is 2. The molecule has 0 saturated heterocycles. The van der Waals surface area contributed by atoms with E-state index in [1.54, 1.807) is 0 Å². The molecule has 0 radical (unpaired) electrons. The second-order valence-corrected chi connectivity index (χ2v) is 12.7. The van der Waals surface area contributed by atoms with Gasteiger partial charge in [0.05, 0.1) is 11.2 Å². The van der Waals surface area contributed by atoms with E-state index in [0.717, 1.165) is 0 Å². The van der Waals surface area contributed by atoms with Crippen LogP contribution >= 0.6 is 0 Å². The Balaban J connectivity index is 1.55. The second-order valence-electron chi connectivity index (χ2n) is 12.7. The first-order chi connectivity index (χ1) is 17.7. The van der Waals surface area contributed by atoms with Crippen LogP contribution in [0.1, 0.15) is 130 Å². The van der Waals surface area contributed by atoms with Gasteiger partial charge in [0, 0.05) is 0 Å². The molecule has 2 aromatic carbocycles. The minimum Gasteiger partial charge on any atom is -0.369 e. The maximum Gasteiger partial charge on any atom is 0.0659 e. The zero-order valence-electron chi connectivity index (χ0n) is 25.2. The molecule has 0 aliphatic rings. The van der Waals surface area contributed by atoms with Crippen LogP contribution in [0.25, 0.3) is 0 Å². The molecule has 0 amide bonds. The summed E-state index contributed by atoms with van der Waals surface area (Å²) in [5, 5.41) is 0. The highest BCUT2D eigenvalue weighted by atomic mass is 16.5. The van der Waals surface area contributed by atoms with E-state index >= 15 is 0 Å². The Morgan fingerprint density at radius 2 is 0.811 bits per heavy atom. The highest BCUT2D eigenvalue weighted by Gasteiger charge is 2.36. The van der Waals surface area contributed by atoms with Crippen molar-refractivity contribution in [2.24, 2.45) is 11.8 Å². The lowest BCUT2D eigenvalue weighted by Gasteiger charge is -2.43. The molecule has 0 saturated carbocycles. The van der Waals surface area contributed by atoms with Crippen LogP contribution in [0.2, 0.25) is 0 Å². The SMILES string of the molecule is CC(CCCCCCCc1ccccc1)C(C)(C)OC(C)(C)C(C)CCCCCCCc1ccccc1. The van der Waals surface area contributed by atoms with Gasteiger partial charge in [0.1, 0.15) is 0 Å². The van der Waals surface area contributed by atoms with E-state index in [1.165, 1.54) is 101 Å². The van der Waals surface area contributed by atoms with Crippen molar-refractivity contribution in [3.63, 3.8) is 0 Å². The Hall–Kier alpha value is -1.60. The first kappa shape index (κ1) is 31.6. The average Bonchev–Trinajstić information content (AvgIpc) is 2.88. The monoisotopic (exact) mass is 506 g/mol. The Morgan fingerprint density at radius 3 is 1.19 bits per heavy atom. The van der Waals surface area contributed by atoms with Crippen molar-refractivity contribution in [2.75, 3.05) is 0 Å². The maximum atomic E-state index is 6.84. The van der Waals surface area contributed by atoms with E-state index in [4.69, 9.17) is 4.74 Å². The average molecular weight is 507 g/mol. The van der Waals surface area contributed by atoms with Gasteiger partial charge < -0.3 is 4.74 Å². The third-order valence-corrected chi connectivity index (χ3v) is 8.79. The predicted octanol–water partition coefficient (Wildman–Crippen LogP) is 11.0. The van der Waals surface area contributed by atoms with Crippen molar-refractivity contribution in [2.45, 2.75) is 143 Å². The third kappa shape index (κ3) is 13.2. The van der Waals surface area contributed by atoms with E-state index in [-0.39, 0.29) is 11.2 Å². The normalized spacial score (nSPS) is 14.0. The molecule has 208 valence electrons. The summed E-state index contributed by atoms with van der Waals surface area (Å²) < 4.78 is 6.84. The highest BCUT2D eigenvalue weighted by Crippen LogP contribution is 2.35. The number of hydrogen-bond acceptors (Lipinski definition) is 1. The second kappa shape index (κ2) is 17.1. The minimum atomic E-state index is -0.0808. The standard InChI is InChI=1S/C36H58O/c1-31(23-15-9-7-11-17-25-33-27-19-13-20-28-33)35(3,4)37-36(5,6)32(2)24-16-10-8-12-18-26-34-29-21-14-22-30-34/h13-14,19-22,27-32H,7-12,15-18,23-26H2,1-6H3. The van der Waals surface area contributed by atoms with Crippen LogP contribution in [0.5, 0.6) is 0 Å². The maximum absolute atomic E-state index is 6.84. The fourth-order valence-electron chi connectivity index (χ4n) is 5.48. The fourth-order valence-corrected chi connectivity index (χ4v) is 5.48. The van der Waals surface area contributed by atoms with Gasteiger partial charge in [-0.3, -0.25) is 0 Å². The molecule has 2 rings (SSSR count). The number of hydrogen-bond donors (Lipinski definition) is 0. The van der Waals surface area contributed by atoms with Gasteiger partial charge in [0.2, 0.25) is 0 Å². The molecule has 0 aromatic heterocycles. The van der Waals surface area contributed by atoms with Crippen LogP contribution in [0.15, 0.2) is 60.7 Å². The van der Waals surface area contributed by atoms with Gasteiger partial charge in [-0.25, -0.2) is 0 Å². The molecule has 0 heterocycles. The summed E-state index contributed by atoms with van der Waals surface area (Å²) in [5.41, 5.74) is 2.79. The van der Waals surface area contributed by atoms with Crippen molar-refractivity contribution in [1.82, 2.24) is 0 Å². The first-order valence-electron chi connectivity index (χ1n) is 15.5.